The molecule has 1 saturated heterocycles. The molecule has 0 spiro atoms. The van der Waals surface area contributed by atoms with E-state index in [4.69, 9.17) is 4.74 Å². The normalized spacial score (nSPS) is 28.1. The van der Waals surface area contributed by atoms with Crippen LogP contribution in [0, 0.1) is 0 Å². The van der Waals surface area contributed by atoms with E-state index in [0.29, 0.717) is 13.0 Å². The molecule has 1 N–H and O–H groups in total. The Morgan fingerprint density at radius 3 is 2.50 bits per heavy atom. The summed E-state index contributed by atoms with van der Waals surface area (Å²) >= 11 is 0. The zero-order chi connectivity index (χ0) is 8.44. The minimum atomic E-state index is -0.874. The molecule has 2 nitrogen and oxygen atoms in total. The summed E-state index contributed by atoms with van der Waals surface area (Å²) in [4.78, 5) is 0. The van der Waals surface area contributed by atoms with Crippen molar-refractivity contribution in [1.82, 2.24) is 0 Å². The summed E-state index contributed by atoms with van der Waals surface area (Å²) in [6.07, 6.45) is 1.36. The Morgan fingerprint density at radius 2 is 2.00 bits per heavy atom. The first-order chi connectivity index (χ1) is 5.79. The van der Waals surface area contributed by atoms with Crippen molar-refractivity contribution in [2.24, 2.45) is 0 Å². The molecule has 1 atom stereocenters. The highest BCUT2D eigenvalue weighted by molar-refractivity contribution is 5.16. The maximum atomic E-state index is 9.64. The summed E-state index contributed by atoms with van der Waals surface area (Å²) in [6.45, 7) is 0.684. The van der Waals surface area contributed by atoms with Crippen LogP contribution in [0.15, 0.2) is 30.3 Å². The molecular weight excluding hydrogens is 152 g/mol. The highest BCUT2D eigenvalue weighted by atomic mass is 16.6. The Morgan fingerprint density at radius 1 is 1.33 bits per heavy atom. The predicted octanol–water partition coefficient (Wildman–Crippen LogP) is 1.34. The van der Waals surface area contributed by atoms with Crippen LogP contribution >= 0.6 is 0 Å². The van der Waals surface area contributed by atoms with Gasteiger partial charge in [0.15, 0.2) is 5.79 Å². The predicted molar refractivity (Wildman–Crippen MR) is 45.7 cm³/mol. The average Bonchev–Trinajstić information content (AvgIpc) is 2.04. The molecule has 0 radical (unpaired) electrons. The van der Waals surface area contributed by atoms with Gasteiger partial charge in [-0.05, 0) is 5.56 Å². The Labute approximate surface area is 71.8 Å². The molecule has 64 valence electrons. The maximum absolute atomic E-state index is 9.64. The molecule has 0 bridgehead atoms. The molecule has 0 aromatic heterocycles. The van der Waals surface area contributed by atoms with E-state index in [2.05, 4.69) is 0 Å². The van der Waals surface area contributed by atoms with Crippen molar-refractivity contribution >= 4 is 0 Å². The van der Waals surface area contributed by atoms with Gasteiger partial charge >= 0.3 is 0 Å². The van der Waals surface area contributed by atoms with Gasteiger partial charge in [-0.15, -0.1) is 0 Å². The maximum Gasteiger partial charge on any atom is 0.171 e. The van der Waals surface area contributed by atoms with Gasteiger partial charge in [0.2, 0.25) is 0 Å². The number of rotatable bonds is 2. The van der Waals surface area contributed by atoms with Crippen molar-refractivity contribution in [3.63, 3.8) is 0 Å². The molecule has 2 rings (SSSR count). The summed E-state index contributed by atoms with van der Waals surface area (Å²) in [5.74, 6) is -0.874. The first-order valence-corrected chi connectivity index (χ1v) is 4.19. The summed E-state index contributed by atoms with van der Waals surface area (Å²) in [6, 6.07) is 9.91. The van der Waals surface area contributed by atoms with Gasteiger partial charge in [-0.2, -0.15) is 0 Å². The average molecular weight is 164 g/mol. The van der Waals surface area contributed by atoms with Gasteiger partial charge in [0.1, 0.15) is 0 Å². The van der Waals surface area contributed by atoms with Crippen LogP contribution in [-0.2, 0) is 11.2 Å². The van der Waals surface area contributed by atoms with E-state index in [1.54, 1.807) is 0 Å². The second kappa shape index (κ2) is 2.88. The molecule has 12 heavy (non-hydrogen) atoms. The quantitative estimate of drug-likeness (QED) is 0.714. The third kappa shape index (κ3) is 1.49. The molecule has 0 aliphatic carbocycles. The number of ether oxygens (including phenoxy) is 1. The monoisotopic (exact) mass is 164 g/mol. The first-order valence-electron chi connectivity index (χ1n) is 4.19. The van der Waals surface area contributed by atoms with E-state index in [1.807, 2.05) is 30.3 Å². The second-order valence-electron chi connectivity index (χ2n) is 3.21. The highest BCUT2D eigenvalue weighted by Crippen LogP contribution is 2.26. The highest BCUT2D eigenvalue weighted by Gasteiger charge is 2.35. The molecule has 1 aliphatic rings. The third-order valence-electron chi connectivity index (χ3n) is 2.19. The minimum absolute atomic E-state index is 0.605. The van der Waals surface area contributed by atoms with Crippen LogP contribution in [0.1, 0.15) is 12.0 Å². The van der Waals surface area contributed by atoms with Crippen LogP contribution in [0.25, 0.3) is 0 Å². The zero-order valence-electron chi connectivity index (χ0n) is 6.86. The molecule has 2 heteroatoms. The molecular formula is C10H12O2. The van der Waals surface area contributed by atoms with Crippen LogP contribution in [0.2, 0.25) is 0 Å². The van der Waals surface area contributed by atoms with Crippen LogP contribution in [-0.4, -0.2) is 17.5 Å². The van der Waals surface area contributed by atoms with Crippen molar-refractivity contribution in [1.29, 1.82) is 0 Å². The Hall–Kier alpha value is -0.860. The first kappa shape index (κ1) is 7.77. The molecule has 0 saturated carbocycles. The van der Waals surface area contributed by atoms with Crippen LogP contribution in [0.3, 0.4) is 0 Å². The van der Waals surface area contributed by atoms with E-state index in [0.717, 1.165) is 12.0 Å². The molecule has 1 aromatic rings. The SMILES string of the molecule is OC1(Cc2ccccc2)CCO1. The van der Waals surface area contributed by atoms with Crippen molar-refractivity contribution < 1.29 is 9.84 Å². The molecule has 1 aliphatic heterocycles. The lowest BCUT2D eigenvalue weighted by molar-refractivity contribution is -0.280. The van der Waals surface area contributed by atoms with Gasteiger partial charge in [0.25, 0.3) is 0 Å². The summed E-state index contributed by atoms with van der Waals surface area (Å²) in [5.41, 5.74) is 1.12. The van der Waals surface area contributed by atoms with Gasteiger partial charge in [0.05, 0.1) is 6.61 Å². The molecule has 1 unspecified atom stereocenters. The van der Waals surface area contributed by atoms with Crippen molar-refractivity contribution in [3.05, 3.63) is 35.9 Å². The standard InChI is InChI=1S/C10H12O2/c11-10(6-7-12-10)8-9-4-2-1-3-5-9/h1-5,11H,6-8H2. The van der Waals surface area contributed by atoms with Gasteiger partial charge < -0.3 is 9.84 Å². The third-order valence-corrected chi connectivity index (χ3v) is 2.19. The number of aliphatic hydroxyl groups is 1. The van der Waals surface area contributed by atoms with Gasteiger partial charge in [-0.1, -0.05) is 30.3 Å². The summed E-state index contributed by atoms with van der Waals surface area (Å²) < 4.78 is 5.08. The van der Waals surface area contributed by atoms with Gasteiger partial charge in [0, 0.05) is 12.8 Å². The van der Waals surface area contributed by atoms with E-state index < -0.39 is 5.79 Å². The summed E-state index contributed by atoms with van der Waals surface area (Å²) in [7, 11) is 0. The van der Waals surface area contributed by atoms with Crippen molar-refractivity contribution in [3.8, 4) is 0 Å². The van der Waals surface area contributed by atoms with Crippen LogP contribution in [0.4, 0.5) is 0 Å². The van der Waals surface area contributed by atoms with E-state index >= 15 is 0 Å². The smallest absolute Gasteiger partial charge is 0.171 e. The number of hydrogen-bond acceptors (Lipinski definition) is 2. The minimum Gasteiger partial charge on any atom is -0.365 e. The fourth-order valence-corrected chi connectivity index (χ4v) is 1.39. The molecule has 1 fully saturated rings. The Bertz CT molecular complexity index is 252. The van der Waals surface area contributed by atoms with E-state index in [9.17, 15) is 5.11 Å². The molecule has 1 aromatic carbocycles. The second-order valence-corrected chi connectivity index (χ2v) is 3.21. The molecule has 1 heterocycles. The van der Waals surface area contributed by atoms with Crippen LogP contribution in [0.5, 0.6) is 0 Å². The van der Waals surface area contributed by atoms with Crippen molar-refractivity contribution in [2.45, 2.75) is 18.6 Å². The molecule has 0 amide bonds. The fraction of sp³-hybridized carbons (Fsp3) is 0.400. The number of hydrogen-bond donors (Lipinski definition) is 1. The summed E-state index contributed by atoms with van der Waals surface area (Å²) in [5, 5.41) is 9.64. The van der Waals surface area contributed by atoms with Crippen molar-refractivity contribution in [2.75, 3.05) is 6.61 Å². The zero-order valence-corrected chi connectivity index (χ0v) is 6.86. The number of benzene rings is 1. The largest absolute Gasteiger partial charge is 0.365 e. The topological polar surface area (TPSA) is 29.5 Å². The fourth-order valence-electron chi connectivity index (χ4n) is 1.39. The lowest BCUT2D eigenvalue weighted by Gasteiger charge is -2.36. The Kier molecular flexibility index (Phi) is 1.87. The lowest BCUT2D eigenvalue weighted by atomic mass is 9.99. The Balaban J connectivity index is 2.04. The van der Waals surface area contributed by atoms with Gasteiger partial charge in [-0.25, -0.2) is 0 Å². The van der Waals surface area contributed by atoms with Gasteiger partial charge in [-0.3, -0.25) is 0 Å². The van der Waals surface area contributed by atoms with Crippen LogP contribution < -0.4 is 0 Å². The van der Waals surface area contributed by atoms with E-state index in [1.165, 1.54) is 0 Å². The lowest BCUT2D eigenvalue weighted by Crippen LogP contribution is -2.45. The van der Waals surface area contributed by atoms with E-state index in [-0.39, 0.29) is 0 Å².